The minimum atomic E-state index is -0.593. The summed E-state index contributed by atoms with van der Waals surface area (Å²) in [4.78, 5) is 34.3. The summed E-state index contributed by atoms with van der Waals surface area (Å²) in [5.74, 6) is -0.886. The van der Waals surface area contributed by atoms with Gasteiger partial charge in [0.2, 0.25) is 17.7 Å². The monoisotopic (exact) mass is 254 g/mol. The maximum Gasteiger partial charge on any atom is 0.249 e. The Morgan fingerprint density at radius 3 is 2.72 bits per heavy atom. The zero-order valence-electron chi connectivity index (χ0n) is 10.5. The maximum absolute atomic E-state index is 11.8. The van der Waals surface area contributed by atoms with Crippen molar-refractivity contribution in [2.75, 3.05) is 7.11 Å². The third kappa shape index (κ3) is 2.69. The predicted molar refractivity (Wildman–Crippen MR) is 62.5 cm³/mol. The smallest absolute Gasteiger partial charge is 0.249 e. The Hall–Kier alpha value is -1.43. The largest absolute Gasteiger partial charge is 0.378 e. The summed E-state index contributed by atoms with van der Waals surface area (Å²) in [6, 6.07) is -0.593. The quantitative estimate of drug-likeness (QED) is 0.684. The molecule has 0 bridgehead atoms. The molecule has 2 fully saturated rings. The molecule has 6 heteroatoms. The van der Waals surface area contributed by atoms with Crippen LogP contribution in [0, 0.1) is 0 Å². The van der Waals surface area contributed by atoms with E-state index >= 15 is 0 Å². The molecule has 1 heterocycles. The predicted octanol–water partition coefficient (Wildman–Crippen LogP) is -0.133. The summed E-state index contributed by atoms with van der Waals surface area (Å²) in [6.07, 6.45) is 3.75. The van der Waals surface area contributed by atoms with E-state index in [4.69, 9.17) is 4.74 Å². The molecule has 6 nitrogen and oxygen atoms in total. The van der Waals surface area contributed by atoms with Gasteiger partial charge in [-0.25, -0.2) is 0 Å². The number of carbonyl (C=O) groups is 3. The Kier molecular flexibility index (Phi) is 3.65. The summed E-state index contributed by atoms with van der Waals surface area (Å²) in [5.41, 5.74) is -0.342. The molecule has 1 atom stereocenters. The molecule has 2 aliphatic rings. The number of rotatable bonds is 4. The molecule has 3 amide bonds. The van der Waals surface area contributed by atoms with Crippen molar-refractivity contribution in [3.63, 3.8) is 0 Å². The fraction of sp³-hybridized carbons (Fsp3) is 0.750. The summed E-state index contributed by atoms with van der Waals surface area (Å²) < 4.78 is 5.36. The van der Waals surface area contributed by atoms with E-state index in [1.54, 1.807) is 7.11 Å². The molecule has 1 saturated heterocycles. The lowest BCUT2D eigenvalue weighted by Gasteiger charge is -2.40. The van der Waals surface area contributed by atoms with E-state index < -0.39 is 11.9 Å². The standard InChI is InChI=1S/C12H18N2O4/c1-18-12(5-2-6-12)7-10(16)13-8-3-4-9(15)14-11(8)17/h8H,2-7H2,1H3,(H,13,16)(H,14,15,17). The van der Waals surface area contributed by atoms with E-state index in [1.807, 2.05) is 0 Å². The van der Waals surface area contributed by atoms with Crippen molar-refractivity contribution in [3.8, 4) is 0 Å². The first-order valence-electron chi connectivity index (χ1n) is 6.23. The SMILES string of the molecule is COC1(CC(=O)NC2CCC(=O)NC2=O)CCC1. The number of nitrogens with one attached hydrogen (secondary N) is 2. The Morgan fingerprint density at radius 1 is 1.50 bits per heavy atom. The minimum Gasteiger partial charge on any atom is -0.378 e. The zero-order valence-corrected chi connectivity index (χ0v) is 10.5. The Bertz CT molecular complexity index is 371. The average molecular weight is 254 g/mol. The van der Waals surface area contributed by atoms with Crippen molar-refractivity contribution >= 4 is 17.7 Å². The van der Waals surface area contributed by atoms with Gasteiger partial charge in [-0.3, -0.25) is 19.7 Å². The van der Waals surface area contributed by atoms with E-state index in [9.17, 15) is 14.4 Å². The molecule has 100 valence electrons. The van der Waals surface area contributed by atoms with Crippen LogP contribution in [0.3, 0.4) is 0 Å². The van der Waals surface area contributed by atoms with Crippen LogP contribution in [0.25, 0.3) is 0 Å². The van der Waals surface area contributed by atoms with Gasteiger partial charge in [0.05, 0.1) is 12.0 Å². The van der Waals surface area contributed by atoms with Gasteiger partial charge in [-0.1, -0.05) is 0 Å². The van der Waals surface area contributed by atoms with Crippen LogP contribution in [0.2, 0.25) is 0 Å². The van der Waals surface area contributed by atoms with Gasteiger partial charge in [0.15, 0.2) is 0 Å². The molecular formula is C12H18N2O4. The third-order valence-corrected chi connectivity index (χ3v) is 3.75. The summed E-state index contributed by atoms with van der Waals surface area (Å²) in [5, 5.41) is 4.88. The van der Waals surface area contributed by atoms with Crippen LogP contribution in [0.4, 0.5) is 0 Å². The highest BCUT2D eigenvalue weighted by Crippen LogP contribution is 2.37. The molecule has 0 aromatic heterocycles. The van der Waals surface area contributed by atoms with Crippen molar-refractivity contribution in [1.29, 1.82) is 0 Å². The Balaban J connectivity index is 1.84. The molecule has 2 rings (SSSR count). The Labute approximate surface area is 105 Å². The fourth-order valence-electron chi connectivity index (χ4n) is 2.39. The second-order valence-corrected chi connectivity index (χ2v) is 4.99. The maximum atomic E-state index is 11.8. The fourth-order valence-corrected chi connectivity index (χ4v) is 2.39. The number of amides is 3. The van der Waals surface area contributed by atoms with E-state index in [-0.39, 0.29) is 30.3 Å². The van der Waals surface area contributed by atoms with Gasteiger partial charge < -0.3 is 10.1 Å². The number of methoxy groups -OCH3 is 1. The van der Waals surface area contributed by atoms with Gasteiger partial charge in [-0.05, 0) is 25.7 Å². The highest BCUT2D eigenvalue weighted by Gasteiger charge is 2.40. The zero-order chi connectivity index (χ0) is 13.2. The molecule has 1 saturated carbocycles. The van der Waals surface area contributed by atoms with Crippen LogP contribution >= 0.6 is 0 Å². The first-order valence-corrected chi connectivity index (χ1v) is 6.23. The first-order chi connectivity index (χ1) is 8.54. The lowest BCUT2D eigenvalue weighted by molar-refractivity contribution is -0.141. The molecule has 0 aromatic carbocycles. The van der Waals surface area contributed by atoms with Crippen LogP contribution in [0.5, 0.6) is 0 Å². The van der Waals surface area contributed by atoms with Crippen LogP contribution in [-0.2, 0) is 19.1 Å². The lowest BCUT2D eigenvalue weighted by atomic mass is 9.77. The Morgan fingerprint density at radius 2 is 2.22 bits per heavy atom. The number of hydrogen-bond donors (Lipinski definition) is 2. The van der Waals surface area contributed by atoms with Crippen molar-refractivity contribution in [2.45, 2.75) is 50.2 Å². The van der Waals surface area contributed by atoms with Gasteiger partial charge >= 0.3 is 0 Å². The van der Waals surface area contributed by atoms with E-state index in [0.29, 0.717) is 6.42 Å². The van der Waals surface area contributed by atoms with Gasteiger partial charge in [-0.2, -0.15) is 0 Å². The van der Waals surface area contributed by atoms with Crippen molar-refractivity contribution in [1.82, 2.24) is 10.6 Å². The summed E-state index contributed by atoms with van der Waals surface area (Å²) in [6.45, 7) is 0. The molecule has 18 heavy (non-hydrogen) atoms. The highest BCUT2D eigenvalue weighted by atomic mass is 16.5. The van der Waals surface area contributed by atoms with Crippen LogP contribution < -0.4 is 10.6 Å². The molecule has 0 radical (unpaired) electrons. The molecule has 2 N–H and O–H groups in total. The molecule has 0 spiro atoms. The second kappa shape index (κ2) is 5.06. The van der Waals surface area contributed by atoms with Gasteiger partial charge in [0.1, 0.15) is 6.04 Å². The van der Waals surface area contributed by atoms with Crippen LogP contribution in [-0.4, -0.2) is 36.5 Å². The molecule has 1 aliphatic carbocycles. The number of ether oxygens (including phenoxy) is 1. The van der Waals surface area contributed by atoms with E-state index in [2.05, 4.69) is 10.6 Å². The number of piperidine rings is 1. The number of hydrogen-bond acceptors (Lipinski definition) is 4. The normalized spacial score (nSPS) is 26.2. The second-order valence-electron chi connectivity index (χ2n) is 4.99. The molecule has 1 aliphatic heterocycles. The summed E-state index contributed by atoms with van der Waals surface area (Å²) >= 11 is 0. The van der Waals surface area contributed by atoms with E-state index in [1.165, 1.54) is 0 Å². The van der Waals surface area contributed by atoms with Gasteiger partial charge in [-0.15, -0.1) is 0 Å². The minimum absolute atomic E-state index is 0.189. The van der Waals surface area contributed by atoms with Gasteiger partial charge in [0.25, 0.3) is 0 Å². The lowest BCUT2D eigenvalue weighted by Crippen LogP contribution is -2.54. The number of imide groups is 1. The van der Waals surface area contributed by atoms with Crippen molar-refractivity contribution < 1.29 is 19.1 Å². The summed E-state index contributed by atoms with van der Waals surface area (Å²) in [7, 11) is 1.61. The third-order valence-electron chi connectivity index (χ3n) is 3.75. The highest BCUT2D eigenvalue weighted by molar-refractivity contribution is 6.01. The van der Waals surface area contributed by atoms with Gasteiger partial charge in [0, 0.05) is 13.5 Å². The number of carbonyl (C=O) groups excluding carboxylic acids is 3. The molecule has 1 unspecified atom stereocenters. The topological polar surface area (TPSA) is 84.5 Å². The van der Waals surface area contributed by atoms with Crippen molar-refractivity contribution in [2.24, 2.45) is 0 Å². The average Bonchev–Trinajstić information content (AvgIpc) is 2.27. The molecule has 0 aromatic rings. The van der Waals surface area contributed by atoms with Crippen LogP contribution in [0.15, 0.2) is 0 Å². The first kappa shape index (κ1) is 13.0. The molecular weight excluding hydrogens is 236 g/mol. The van der Waals surface area contributed by atoms with Crippen molar-refractivity contribution in [3.05, 3.63) is 0 Å². The van der Waals surface area contributed by atoms with Crippen LogP contribution in [0.1, 0.15) is 38.5 Å². The van der Waals surface area contributed by atoms with E-state index in [0.717, 1.165) is 19.3 Å².